The third-order valence-corrected chi connectivity index (χ3v) is 3.16. The molecule has 1 aliphatic rings. The van der Waals surface area contributed by atoms with Crippen LogP contribution in [0, 0.1) is 5.92 Å². The van der Waals surface area contributed by atoms with Gasteiger partial charge in [-0.3, -0.25) is 14.4 Å². The molecule has 1 aliphatic carbocycles. The second-order valence-electron chi connectivity index (χ2n) is 5.43. The lowest BCUT2D eigenvalue weighted by Gasteiger charge is -2.19. The maximum atomic E-state index is 10.9. The van der Waals surface area contributed by atoms with Crippen LogP contribution in [0.4, 0.5) is 0 Å². The van der Waals surface area contributed by atoms with Crippen LogP contribution in [0.2, 0.25) is 0 Å². The molecular weight excluding hydrogens is 230 g/mol. The summed E-state index contributed by atoms with van der Waals surface area (Å²) in [5.41, 5.74) is 1.09. The molecule has 0 aromatic carbocycles. The fourth-order valence-electron chi connectivity index (χ4n) is 2.04. The molecule has 1 aromatic rings. The van der Waals surface area contributed by atoms with Crippen LogP contribution >= 0.6 is 0 Å². The van der Waals surface area contributed by atoms with E-state index in [-0.39, 0.29) is 6.54 Å². The van der Waals surface area contributed by atoms with E-state index in [1.165, 1.54) is 12.8 Å². The quantitative estimate of drug-likeness (QED) is 0.802. The minimum Gasteiger partial charge on any atom is -0.480 e. The Morgan fingerprint density at radius 2 is 2.33 bits per heavy atom. The van der Waals surface area contributed by atoms with Crippen LogP contribution in [0.1, 0.15) is 38.3 Å². The molecule has 0 spiro atoms. The van der Waals surface area contributed by atoms with Gasteiger partial charge in [0.05, 0.1) is 12.7 Å². The van der Waals surface area contributed by atoms with Crippen molar-refractivity contribution in [3.63, 3.8) is 0 Å². The first-order valence-corrected chi connectivity index (χ1v) is 6.51. The van der Waals surface area contributed by atoms with Crippen LogP contribution in [0.15, 0.2) is 12.4 Å². The third kappa shape index (κ3) is 3.84. The Labute approximate surface area is 107 Å². The number of rotatable bonds is 7. The molecule has 0 bridgehead atoms. The number of carboxylic acid groups (broad SMARTS) is 1. The van der Waals surface area contributed by atoms with E-state index in [4.69, 9.17) is 5.11 Å². The van der Waals surface area contributed by atoms with Crippen molar-refractivity contribution in [2.45, 2.75) is 39.3 Å². The summed E-state index contributed by atoms with van der Waals surface area (Å²) in [5.74, 6) is -0.0589. The smallest absolute Gasteiger partial charge is 0.317 e. The van der Waals surface area contributed by atoms with Gasteiger partial charge in [0, 0.05) is 30.9 Å². The lowest BCUT2D eigenvalue weighted by Crippen LogP contribution is -2.31. The van der Waals surface area contributed by atoms with Crippen molar-refractivity contribution < 1.29 is 9.90 Å². The number of aromatic nitrogens is 2. The summed E-state index contributed by atoms with van der Waals surface area (Å²) in [7, 11) is 0. The molecule has 1 fully saturated rings. The Hall–Kier alpha value is -1.36. The molecule has 0 atom stereocenters. The molecule has 1 N–H and O–H groups in total. The summed E-state index contributed by atoms with van der Waals surface area (Å²) in [6.45, 7) is 5.84. The Balaban J connectivity index is 1.94. The van der Waals surface area contributed by atoms with Crippen LogP contribution in [0.3, 0.4) is 0 Å². The van der Waals surface area contributed by atoms with Gasteiger partial charge in [0.25, 0.3) is 0 Å². The van der Waals surface area contributed by atoms with E-state index in [1.54, 1.807) is 0 Å². The summed E-state index contributed by atoms with van der Waals surface area (Å²) in [5, 5.41) is 13.2. The first-order chi connectivity index (χ1) is 8.54. The highest BCUT2D eigenvalue weighted by Crippen LogP contribution is 2.30. The summed E-state index contributed by atoms with van der Waals surface area (Å²) in [6, 6.07) is 0.343. The molecule has 5 heteroatoms. The molecule has 5 nitrogen and oxygen atoms in total. The van der Waals surface area contributed by atoms with Crippen molar-refractivity contribution in [3.8, 4) is 0 Å². The van der Waals surface area contributed by atoms with Crippen molar-refractivity contribution in [1.82, 2.24) is 14.7 Å². The Morgan fingerprint density at radius 3 is 2.83 bits per heavy atom. The van der Waals surface area contributed by atoms with Gasteiger partial charge in [0.2, 0.25) is 0 Å². The Bertz CT molecular complexity index is 410. The molecule has 0 aliphatic heterocycles. The van der Waals surface area contributed by atoms with Gasteiger partial charge in [0.15, 0.2) is 0 Å². The zero-order chi connectivity index (χ0) is 13.1. The molecule has 1 aromatic heterocycles. The van der Waals surface area contributed by atoms with Crippen molar-refractivity contribution in [1.29, 1.82) is 0 Å². The highest BCUT2D eigenvalue weighted by atomic mass is 16.4. The number of nitrogens with zero attached hydrogens (tertiary/aromatic N) is 3. The molecule has 1 heterocycles. The lowest BCUT2D eigenvalue weighted by molar-refractivity contribution is -0.138. The molecule has 1 saturated carbocycles. The molecule has 0 saturated heterocycles. The monoisotopic (exact) mass is 251 g/mol. The highest BCUT2D eigenvalue weighted by molar-refractivity contribution is 5.69. The normalized spacial score (nSPS) is 15.6. The second-order valence-corrected chi connectivity index (χ2v) is 5.43. The van der Waals surface area contributed by atoms with E-state index in [0.717, 1.165) is 12.1 Å². The van der Waals surface area contributed by atoms with Crippen molar-refractivity contribution in [3.05, 3.63) is 18.0 Å². The van der Waals surface area contributed by atoms with Crippen LogP contribution in [-0.2, 0) is 11.3 Å². The Kier molecular flexibility index (Phi) is 4.01. The van der Waals surface area contributed by atoms with Crippen LogP contribution in [-0.4, -0.2) is 38.8 Å². The maximum absolute atomic E-state index is 10.9. The number of hydrogen-bond acceptors (Lipinski definition) is 3. The zero-order valence-corrected chi connectivity index (χ0v) is 11.0. The van der Waals surface area contributed by atoms with Crippen LogP contribution in [0.25, 0.3) is 0 Å². The van der Waals surface area contributed by atoms with Crippen LogP contribution < -0.4 is 0 Å². The summed E-state index contributed by atoms with van der Waals surface area (Å²) in [4.78, 5) is 12.9. The highest BCUT2D eigenvalue weighted by Gasteiger charge is 2.25. The number of hydrogen-bond donors (Lipinski definition) is 1. The molecule has 100 valence electrons. The third-order valence-electron chi connectivity index (χ3n) is 3.16. The van der Waals surface area contributed by atoms with E-state index in [1.807, 2.05) is 22.0 Å². The zero-order valence-electron chi connectivity index (χ0n) is 11.0. The second kappa shape index (κ2) is 5.52. The van der Waals surface area contributed by atoms with Gasteiger partial charge >= 0.3 is 5.97 Å². The van der Waals surface area contributed by atoms with Gasteiger partial charge in [-0.05, 0) is 32.6 Å². The predicted molar refractivity (Wildman–Crippen MR) is 68.2 cm³/mol. The van der Waals surface area contributed by atoms with Gasteiger partial charge in [-0.15, -0.1) is 0 Å². The van der Waals surface area contributed by atoms with Crippen molar-refractivity contribution in [2.24, 2.45) is 5.92 Å². The molecule has 0 radical (unpaired) electrons. The minimum atomic E-state index is -0.757. The van der Waals surface area contributed by atoms with Crippen molar-refractivity contribution >= 4 is 5.97 Å². The van der Waals surface area contributed by atoms with E-state index in [9.17, 15) is 4.79 Å². The van der Waals surface area contributed by atoms with E-state index >= 15 is 0 Å². The fourth-order valence-corrected chi connectivity index (χ4v) is 2.04. The minimum absolute atomic E-state index is 0.114. The SMILES string of the molecule is CC(C)n1cc(CN(CC(=O)O)CC2CC2)cn1. The maximum Gasteiger partial charge on any atom is 0.317 e. The van der Waals surface area contributed by atoms with Gasteiger partial charge < -0.3 is 5.11 Å². The first-order valence-electron chi connectivity index (χ1n) is 6.51. The average Bonchev–Trinajstić information content (AvgIpc) is 2.93. The van der Waals surface area contributed by atoms with Gasteiger partial charge in [-0.1, -0.05) is 0 Å². The summed E-state index contributed by atoms with van der Waals surface area (Å²) >= 11 is 0. The van der Waals surface area contributed by atoms with Gasteiger partial charge in [-0.25, -0.2) is 0 Å². The number of carboxylic acids is 1. The average molecular weight is 251 g/mol. The Morgan fingerprint density at radius 1 is 1.61 bits per heavy atom. The molecular formula is C13H21N3O2. The van der Waals surface area contributed by atoms with Gasteiger partial charge in [0.1, 0.15) is 0 Å². The molecule has 18 heavy (non-hydrogen) atoms. The fraction of sp³-hybridized carbons (Fsp3) is 0.692. The molecule has 0 amide bonds. The van der Waals surface area contributed by atoms with E-state index in [2.05, 4.69) is 18.9 Å². The predicted octanol–water partition coefficient (Wildman–Crippen LogP) is 1.76. The molecule has 2 rings (SSSR count). The van der Waals surface area contributed by atoms with E-state index < -0.39 is 5.97 Å². The van der Waals surface area contributed by atoms with E-state index in [0.29, 0.717) is 18.5 Å². The van der Waals surface area contributed by atoms with Crippen LogP contribution in [0.5, 0.6) is 0 Å². The molecule has 0 unspecified atom stereocenters. The largest absolute Gasteiger partial charge is 0.480 e. The summed E-state index contributed by atoms with van der Waals surface area (Å²) in [6.07, 6.45) is 6.32. The number of aliphatic carboxylic acids is 1. The van der Waals surface area contributed by atoms with Gasteiger partial charge in [-0.2, -0.15) is 5.10 Å². The standard InChI is InChI=1S/C13H21N3O2/c1-10(2)16-8-12(5-14-16)7-15(9-13(17)18)6-11-3-4-11/h5,8,10-11H,3-4,6-7,9H2,1-2H3,(H,17,18). The topological polar surface area (TPSA) is 58.4 Å². The summed E-state index contributed by atoms with van der Waals surface area (Å²) < 4.78 is 1.91. The lowest BCUT2D eigenvalue weighted by atomic mass is 10.3. The number of carbonyl (C=O) groups is 1. The van der Waals surface area contributed by atoms with Crippen molar-refractivity contribution in [2.75, 3.05) is 13.1 Å². The first kappa shape index (κ1) is 13.1.